The van der Waals surface area contributed by atoms with E-state index in [1.54, 1.807) is 0 Å². The Balaban J connectivity index is 2.57. The van der Waals surface area contributed by atoms with Crippen LogP contribution in [0.2, 0.25) is 0 Å². The fourth-order valence-corrected chi connectivity index (χ4v) is 1.91. The van der Waals surface area contributed by atoms with Gasteiger partial charge in [-0.25, -0.2) is 0 Å². The summed E-state index contributed by atoms with van der Waals surface area (Å²) in [4.78, 5) is 0. The van der Waals surface area contributed by atoms with Crippen molar-refractivity contribution < 1.29 is 0 Å². The monoisotopic (exact) mass is 211 g/mol. The smallest absolute Gasteiger partial charge is 0.0379 e. The van der Waals surface area contributed by atoms with Crippen molar-refractivity contribution >= 4 is 5.69 Å². The number of hydrogen-bond acceptors (Lipinski definition) is 1. The Labute approximate surface area is 96.9 Å². The summed E-state index contributed by atoms with van der Waals surface area (Å²) < 4.78 is 0. The van der Waals surface area contributed by atoms with Crippen LogP contribution in [0.5, 0.6) is 0 Å². The predicted octanol–water partition coefficient (Wildman–Crippen LogP) is 3.86. The fourth-order valence-electron chi connectivity index (χ4n) is 1.91. The maximum absolute atomic E-state index is 6.05. The highest BCUT2D eigenvalue weighted by Crippen LogP contribution is 2.29. The topological polar surface area (TPSA) is 26.0 Å². The highest BCUT2D eigenvalue weighted by Gasteiger charge is 2.05. The van der Waals surface area contributed by atoms with E-state index in [-0.39, 0.29) is 0 Å². The van der Waals surface area contributed by atoms with Gasteiger partial charge in [0.1, 0.15) is 0 Å². The van der Waals surface area contributed by atoms with Gasteiger partial charge in [-0.15, -0.1) is 0 Å². The molecule has 0 saturated heterocycles. The molecule has 0 aliphatic carbocycles. The van der Waals surface area contributed by atoms with Gasteiger partial charge in [-0.1, -0.05) is 42.0 Å². The lowest BCUT2D eigenvalue weighted by Crippen LogP contribution is -1.95. The second kappa shape index (κ2) is 4.01. The number of aryl methyl sites for hydroxylation is 2. The van der Waals surface area contributed by atoms with Crippen molar-refractivity contribution in [2.75, 3.05) is 5.73 Å². The van der Waals surface area contributed by atoms with Crippen LogP contribution < -0.4 is 5.73 Å². The zero-order valence-electron chi connectivity index (χ0n) is 10.0. The molecule has 0 aliphatic rings. The van der Waals surface area contributed by atoms with E-state index in [0.29, 0.717) is 0 Å². The Hall–Kier alpha value is -1.76. The van der Waals surface area contributed by atoms with Crippen LogP contribution in [-0.4, -0.2) is 0 Å². The first kappa shape index (κ1) is 10.7. The first-order valence-corrected chi connectivity index (χ1v) is 5.52. The number of anilines is 1. The number of benzene rings is 2. The van der Waals surface area contributed by atoms with Gasteiger partial charge in [0.15, 0.2) is 0 Å². The molecule has 16 heavy (non-hydrogen) atoms. The number of rotatable bonds is 1. The molecule has 0 amide bonds. The minimum atomic E-state index is 0.901. The number of nitrogen functional groups attached to an aromatic ring is 1. The molecule has 0 bridgehead atoms. The maximum atomic E-state index is 6.05. The number of nitrogens with two attached hydrogens (primary N) is 1. The molecule has 0 heterocycles. The van der Waals surface area contributed by atoms with E-state index >= 15 is 0 Å². The van der Waals surface area contributed by atoms with Crippen LogP contribution in [0.15, 0.2) is 36.4 Å². The van der Waals surface area contributed by atoms with Crippen molar-refractivity contribution in [1.82, 2.24) is 0 Å². The van der Waals surface area contributed by atoms with Gasteiger partial charge in [0.25, 0.3) is 0 Å². The van der Waals surface area contributed by atoms with Crippen LogP contribution in [0.4, 0.5) is 5.69 Å². The lowest BCUT2D eigenvalue weighted by molar-refractivity contribution is 1.38. The Kier molecular flexibility index (Phi) is 2.69. The second-order valence-corrected chi connectivity index (χ2v) is 4.33. The van der Waals surface area contributed by atoms with Gasteiger partial charge in [-0.2, -0.15) is 0 Å². The van der Waals surface area contributed by atoms with E-state index in [9.17, 15) is 0 Å². The molecule has 2 rings (SSSR count). The highest BCUT2D eigenvalue weighted by molar-refractivity contribution is 5.74. The quantitative estimate of drug-likeness (QED) is 0.712. The molecule has 2 aromatic carbocycles. The molecule has 1 nitrogen and oxygen atoms in total. The average molecular weight is 211 g/mol. The Morgan fingerprint density at radius 1 is 0.812 bits per heavy atom. The van der Waals surface area contributed by atoms with E-state index < -0.39 is 0 Å². The first-order chi connectivity index (χ1) is 7.59. The fraction of sp³-hybridized carbons (Fsp3) is 0.200. The average Bonchev–Trinajstić information content (AvgIpc) is 2.28. The summed E-state index contributed by atoms with van der Waals surface area (Å²) in [6, 6.07) is 12.8. The summed E-state index contributed by atoms with van der Waals surface area (Å²) in [5.74, 6) is 0. The van der Waals surface area contributed by atoms with Gasteiger partial charge in [0.2, 0.25) is 0 Å². The summed E-state index contributed by atoms with van der Waals surface area (Å²) in [5, 5.41) is 0. The van der Waals surface area contributed by atoms with Gasteiger partial charge in [-0.3, -0.25) is 0 Å². The summed E-state index contributed by atoms with van der Waals surface area (Å²) in [6.07, 6.45) is 0. The SMILES string of the molecule is Cc1ccc(-c2ccc(C)c(N)c2C)cc1. The molecule has 0 saturated carbocycles. The summed E-state index contributed by atoms with van der Waals surface area (Å²) >= 11 is 0. The molecule has 2 N–H and O–H groups in total. The highest BCUT2D eigenvalue weighted by atomic mass is 14.6. The molecule has 0 unspecified atom stereocenters. The van der Waals surface area contributed by atoms with Crippen LogP contribution in [0.3, 0.4) is 0 Å². The van der Waals surface area contributed by atoms with Gasteiger partial charge >= 0.3 is 0 Å². The Morgan fingerprint density at radius 3 is 2.06 bits per heavy atom. The van der Waals surface area contributed by atoms with Crippen molar-refractivity contribution in [2.45, 2.75) is 20.8 Å². The van der Waals surface area contributed by atoms with Crippen LogP contribution in [0.1, 0.15) is 16.7 Å². The molecular formula is C15H17N. The third-order valence-electron chi connectivity index (χ3n) is 3.10. The molecule has 0 aromatic heterocycles. The first-order valence-electron chi connectivity index (χ1n) is 5.52. The molecule has 2 aromatic rings. The van der Waals surface area contributed by atoms with Crippen molar-refractivity contribution in [3.63, 3.8) is 0 Å². The van der Waals surface area contributed by atoms with Crippen molar-refractivity contribution in [3.05, 3.63) is 53.1 Å². The normalized spacial score (nSPS) is 10.4. The van der Waals surface area contributed by atoms with Crippen molar-refractivity contribution in [2.24, 2.45) is 0 Å². The third-order valence-corrected chi connectivity index (χ3v) is 3.10. The molecule has 0 aliphatic heterocycles. The van der Waals surface area contributed by atoms with Gasteiger partial charge < -0.3 is 5.73 Å². The number of hydrogen-bond donors (Lipinski definition) is 1. The second-order valence-electron chi connectivity index (χ2n) is 4.33. The molecule has 0 spiro atoms. The zero-order chi connectivity index (χ0) is 11.7. The van der Waals surface area contributed by atoms with E-state index in [0.717, 1.165) is 11.3 Å². The molecular weight excluding hydrogens is 194 g/mol. The molecule has 1 heteroatoms. The van der Waals surface area contributed by atoms with E-state index in [1.807, 2.05) is 6.92 Å². The van der Waals surface area contributed by atoms with Crippen LogP contribution in [-0.2, 0) is 0 Å². The van der Waals surface area contributed by atoms with E-state index in [4.69, 9.17) is 5.73 Å². The largest absolute Gasteiger partial charge is 0.398 e. The standard InChI is InChI=1S/C15H17N/c1-10-4-7-13(8-5-10)14-9-6-11(2)15(16)12(14)3/h4-9H,16H2,1-3H3. The van der Waals surface area contributed by atoms with Gasteiger partial charge in [-0.05, 0) is 43.0 Å². The lowest BCUT2D eigenvalue weighted by Gasteiger charge is -2.11. The van der Waals surface area contributed by atoms with Crippen LogP contribution >= 0.6 is 0 Å². The van der Waals surface area contributed by atoms with Gasteiger partial charge in [0.05, 0.1) is 0 Å². The predicted molar refractivity (Wildman–Crippen MR) is 70.5 cm³/mol. The van der Waals surface area contributed by atoms with Gasteiger partial charge in [0, 0.05) is 5.69 Å². The third kappa shape index (κ3) is 1.81. The van der Waals surface area contributed by atoms with Crippen LogP contribution in [0.25, 0.3) is 11.1 Å². The Morgan fingerprint density at radius 2 is 1.44 bits per heavy atom. The summed E-state index contributed by atoms with van der Waals surface area (Å²) in [6.45, 7) is 6.22. The minimum Gasteiger partial charge on any atom is -0.398 e. The Bertz CT molecular complexity index is 510. The molecule has 82 valence electrons. The maximum Gasteiger partial charge on any atom is 0.0379 e. The summed E-state index contributed by atoms with van der Waals surface area (Å²) in [5.41, 5.74) is 13.0. The zero-order valence-corrected chi connectivity index (χ0v) is 10.0. The van der Waals surface area contributed by atoms with E-state index in [1.165, 1.54) is 22.3 Å². The molecule has 0 atom stereocenters. The van der Waals surface area contributed by atoms with E-state index in [2.05, 4.69) is 50.2 Å². The van der Waals surface area contributed by atoms with Crippen molar-refractivity contribution in [3.8, 4) is 11.1 Å². The van der Waals surface area contributed by atoms with Crippen molar-refractivity contribution in [1.29, 1.82) is 0 Å². The lowest BCUT2D eigenvalue weighted by atomic mass is 9.96. The van der Waals surface area contributed by atoms with Crippen LogP contribution in [0, 0.1) is 20.8 Å². The molecule has 0 radical (unpaired) electrons. The molecule has 0 fully saturated rings. The summed E-state index contributed by atoms with van der Waals surface area (Å²) in [7, 11) is 0. The minimum absolute atomic E-state index is 0.901.